The van der Waals surface area contributed by atoms with E-state index in [1.807, 2.05) is 0 Å². The van der Waals surface area contributed by atoms with Gasteiger partial charge in [0.1, 0.15) is 0 Å². The Morgan fingerprint density at radius 1 is 1.46 bits per heavy atom. The van der Waals surface area contributed by atoms with Gasteiger partial charge in [-0.2, -0.15) is 4.39 Å². The molecule has 3 nitrogen and oxygen atoms in total. The third-order valence-corrected chi connectivity index (χ3v) is 1.48. The first kappa shape index (κ1) is 9.25. The molecule has 3 N–H and O–H groups in total. The van der Waals surface area contributed by atoms with Crippen LogP contribution in [0.4, 0.5) is 10.1 Å². The maximum Gasteiger partial charge on any atom is 0.364 e. The second-order valence-corrected chi connectivity index (χ2v) is 2.43. The lowest BCUT2D eigenvalue weighted by molar-refractivity contribution is -0.134. The fourth-order valence-corrected chi connectivity index (χ4v) is 0.841. The van der Waals surface area contributed by atoms with E-state index in [0.717, 1.165) is 6.08 Å². The molecule has 0 atom stereocenters. The Kier molecular flexibility index (Phi) is 2.64. The second-order valence-electron chi connectivity index (χ2n) is 2.43. The molecule has 0 saturated heterocycles. The molecule has 0 aliphatic heterocycles. The number of carbonyl (C=O) groups is 1. The number of anilines is 1. The summed E-state index contributed by atoms with van der Waals surface area (Å²) in [5.41, 5.74) is 6.17. The second kappa shape index (κ2) is 3.71. The van der Waals surface area contributed by atoms with Crippen LogP contribution in [-0.2, 0) is 4.79 Å². The van der Waals surface area contributed by atoms with E-state index in [-0.39, 0.29) is 0 Å². The van der Waals surface area contributed by atoms with Crippen LogP contribution < -0.4 is 5.73 Å². The standard InChI is InChI=1S/C9H8FNO2/c10-7(9(12)13)5-6-3-1-2-4-8(6)11/h1-5H,11H2,(H,12,13). The largest absolute Gasteiger partial charge is 0.476 e. The summed E-state index contributed by atoms with van der Waals surface area (Å²) in [4.78, 5) is 10.1. The van der Waals surface area contributed by atoms with Gasteiger partial charge in [0.15, 0.2) is 0 Å². The van der Waals surface area contributed by atoms with Gasteiger partial charge in [-0.1, -0.05) is 18.2 Å². The molecule has 0 amide bonds. The number of hydrogen-bond donors (Lipinski definition) is 2. The highest BCUT2D eigenvalue weighted by molar-refractivity contribution is 5.90. The summed E-state index contributed by atoms with van der Waals surface area (Å²) in [6, 6.07) is 6.45. The number of nitrogens with two attached hydrogens (primary N) is 1. The van der Waals surface area contributed by atoms with Crippen LogP contribution in [0.3, 0.4) is 0 Å². The Hall–Kier alpha value is -1.84. The van der Waals surface area contributed by atoms with Crippen molar-refractivity contribution >= 4 is 17.7 Å². The molecule has 1 aromatic carbocycles. The van der Waals surface area contributed by atoms with Crippen molar-refractivity contribution in [3.8, 4) is 0 Å². The van der Waals surface area contributed by atoms with Crippen molar-refractivity contribution in [3.05, 3.63) is 35.7 Å². The molecule has 4 heteroatoms. The topological polar surface area (TPSA) is 63.3 Å². The first-order valence-corrected chi connectivity index (χ1v) is 3.56. The highest BCUT2D eigenvalue weighted by Gasteiger charge is 2.05. The summed E-state index contributed by atoms with van der Waals surface area (Å²) < 4.78 is 12.6. The lowest BCUT2D eigenvalue weighted by Crippen LogP contribution is -1.95. The number of benzene rings is 1. The normalized spacial score (nSPS) is 11.3. The molecule has 0 unspecified atom stereocenters. The monoisotopic (exact) mass is 181 g/mol. The van der Waals surface area contributed by atoms with Gasteiger partial charge < -0.3 is 10.8 Å². The summed E-state index contributed by atoms with van der Waals surface area (Å²) in [5, 5.41) is 8.25. The van der Waals surface area contributed by atoms with Crippen molar-refractivity contribution in [2.75, 3.05) is 5.73 Å². The van der Waals surface area contributed by atoms with Crippen LogP contribution in [0.2, 0.25) is 0 Å². The Balaban J connectivity index is 3.04. The molecule has 0 aliphatic rings. The maximum absolute atomic E-state index is 12.6. The van der Waals surface area contributed by atoms with E-state index in [1.54, 1.807) is 18.2 Å². The summed E-state index contributed by atoms with van der Waals surface area (Å²) in [6.45, 7) is 0. The predicted octanol–water partition coefficient (Wildman–Crippen LogP) is 1.66. The van der Waals surface area contributed by atoms with Crippen LogP contribution in [0.15, 0.2) is 30.1 Å². The number of carboxylic acid groups (broad SMARTS) is 1. The number of hydrogen-bond acceptors (Lipinski definition) is 2. The zero-order valence-corrected chi connectivity index (χ0v) is 6.70. The number of rotatable bonds is 2. The average Bonchev–Trinajstić information content (AvgIpc) is 2.08. The van der Waals surface area contributed by atoms with E-state index >= 15 is 0 Å². The minimum atomic E-state index is -1.59. The zero-order valence-electron chi connectivity index (χ0n) is 6.70. The van der Waals surface area contributed by atoms with Crippen LogP contribution in [-0.4, -0.2) is 11.1 Å². The smallest absolute Gasteiger partial charge is 0.364 e. The molecule has 0 aliphatic carbocycles. The maximum atomic E-state index is 12.6. The first-order valence-electron chi connectivity index (χ1n) is 3.56. The van der Waals surface area contributed by atoms with Crippen LogP contribution in [0.25, 0.3) is 6.08 Å². The fourth-order valence-electron chi connectivity index (χ4n) is 0.841. The van der Waals surface area contributed by atoms with Crippen molar-refractivity contribution in [2.45, 2.75) is 0 Å². The first-order chi connectivity index (χ1) is 6.11. The molecule has 13 heavy (non-hydrogen) atoms. The fraction of sp³-hybridized carbons (Fsp3) is 0. The minimum Gasteiger partial charge on any atom is -0.476 e. The average molecular weight is 181 g/mol. The molecule has 0 spiro atoms. The predicted molar refractivity (Wildman–Crippen MR) is 47.6 cm³/mol. The molecule has 0 radical (unpaired) electrons. The van der Waals surface area contributed by atoms with E-state index < -0.39 is 11.8 Å². The summed E-state index contributed by atoms with van der Waals surface area (Å²) in [5.74, 6) is -2.82. The van der Waals surface area contributed by atoms with E-state index in [0.29, 0.717) is 11.3 Å². The number of carboxylic acids is 1. The van der Waals surface area contributed by atoms with Gasteiger partial charge in [-0.25, -0.2) is 4.79 Å². The van der Waals surface area contributed by atoms with Crippen molar-refractivity contribution < 1.29 is 14.3 Å². The Morgan fingerprint density at radius 2 is 2.08 bits per heavy atom. The third-order valence-electron chi connectivity index (χ3n) is 1.48. The van der Waals surface area contributed by atoms with E-state index in [9.17, 15) is 9.18 Å². The summed E-state index contributed by atoms with van der Waals surface area (Å²) in [6.07, 6.45) is 0.887. The van der Waals surface area contributed by atoms with Gasteiger partial charge in [0.05, 0.1) is 0 Å². The molecule has 0 fully saturated rings. The lowest BCUT2D eigenvalue weighted by Gasteiger charge is -1.97. The Morgan fingerprint density at radius 3 is 2.62 bits per heavy atom. The van der Waals surface area contributed by atoms with Crippen LogP contribution >= 0.6 is 0 Å². The SMILES string of the molecule is Nc1ccccc1C=C(F)C(=O)O. The van der Waals surface area contributed by atoms with Crippen LogP contribution in [0.1, 0.15) is 5.56 Å². The van der Waals surface area contributed by atoms with Gasteiger partial charge in [0.25, 0.3) is 0 Å². The molecule has 0 saturated carbocycles. The highest BCUT2D eigenvalue weighted by Crippen LogP contribution is 2.15. The molecule has 0 aromatic heterocycles. The zero-order chi connectivity index (χ0) is 9.84. The molecular weight excluding hydrogens is 173 g/mol. The number of aliphatic carboxylic acids is 1. The van der Waals surface area contributed by atoms with Crippen molar-refractivity contribution in [1.82, 2.24) is 0 Å². The van der Waals surface area contributed by atoms with Crippen molar-refractivity contribution in [2.24, 2.45) is 0 Å². The molecule has 1 aromatic rings. The lowest BCUT2D eigenvalue weighted by atomic mass is 10.1. The Bertz CT molecular complexity index is 360. The number of halogens is 1. The summed E-state index contributed by atoms with van der Waals surface area (Å²) >= 11 is 0. The van der Waals surface area contributed by atoms with Gasteiger partial charge in [-0.15, -0.1) is 0 Å². The molecule has 0 heterocycles. The van der Waals surface area contributed by atoms with Gasteiger partial charge >= 0.3 is 5.97 Å². The Labute approximate surface area is 74.3 Å². The third kappa shape index (κ3) is 2.30. The molecule has 1 rings (SSSR count). The van der Waals surface area contributed by atoms with E-state index in [1.165, 1.54) is 6.07 Å². The number of nitrogen functional groups attached to an aromatic ring is 1. The van der Waals surface area contributed by atoms with Gasteiger partial charge in [-0.3, -0.25) is 0 Å². The highest BCUT2D eigenvalue weighted by atomic mass is 19.1. The quantitative estimate of drug-likeness (QED) is 0.538. The van der Waals surface area contributed by atoms with E-state index in [4.69, 9.17) is 10.8 Å². The summed E-state index contributed by atoms with van der Waals surface area (Å²) in [7, 11) is 0. The molecule has 68 valence electrons. The molecule has 0 bridgehead atoms. The van der Waals surface area contributed by atoms with Gasteiger partial charge in [0, 0.05) is 11.3 Å². The van der Waals surface area contributed by atoms with Crippen LogP contribution in [0.5, 0.6) is 0 Å². The number of para-hydroxylation sites is 1. The van der Waals surface area contributed by atoms with Gasteiger partial charge in [0.2, 0.25) is 5.83 Å². The van der Waals surface area contributed by atoms with Crippen molar-refractivity contribution in [1.29, 1.82) is 0 Å². The van der Waals surface area contributed by atoms with Crippen molar-refractivity contribution in [3.63, 3.8) is 0 Å². The van der Waals surface area contributed by atoms with Gasteiger partial charge in [-0.05, 0) is 12.1 Å². The van der Waals surface area contributed by atoms with Crippen LogP contribution in [0, 0.1) is 0 Å². The minimum absolute atomic E-state index is 0.346. The molecular formula is C9H8FNO2. The van der Waals surface area contributed by atoms with E-state index in [2.05, 4.69) is 0 Å².